The molecule has 4 amide bonds. The van der Waals surface area contributed by atoms with Crippen LogP contribution in [0.1, 0.15) is 59.3 Å². The van der Waals surface area contributed by atoms with Crippen molar-refractivity contribution in [1.29, 1.82) is 0 Å². The number of hydrogen-bond donors (Lipinski definition) is 2. The molecule has 0 aromatic rings. The number of nitrogens with zero attached hydrogens (tertiary/aromatic N) is 1. The van der Waals surface area contributed by atoms with Crippen LogP contribution in [0.3, 0.4) is 0 Å². The van der Waals surface area contributed by atoms with Crippen LogP contribution in [-0.4, -0.2) is 40.9 Å². The lowest BCUT2D eigenvalue weighted by Crippen LogP contribution is -2.54. The van der Waals surface area contributed by atoms with E-state index >= 15 is 0 Å². The summed E-state index contributed by atoms with van der Waals surface area (Å²) in [5.41, 5.74) is -0.787. The highest BCUT2D eigenvalue weighted by Gasteiger charge is 2.55. The van der Waals surface area contributed by atoms with Gasteiger partial charge in [-0.3, -0.25) is 14.5 Å². The number of carbonyl (C=O) groups is 3. The molecule has 6 heteroatoms. The van der Waals surface area contributed by atoms with E-state index in [1.54, 1.807) is 0 Å². The first-order chi connectivity index (χ1) is 10.4. The number of nitrogens with one attached hydrogen (secondary N) is 2. The minimum atomic E-state index is -0.787. The van der Waals surface area contributed by atoms with Gasteiger partial charge in [0.15, 0.2) is 0 Å². The molecule has 2 fully saturated rings. The third-order valence-electron chi connectivity index (χ3n) is 4.93. The molecular formula is C16H27N3O3. The Hall–Kier alpha value is -1.59. The quantitative estimate of drug-likeness (QED) is 0.760. The molecule has 0 unspecified atom stereocenters. The molecule has 1 heterocycles. The van der Waals surface area contributed by atoms with Gasteiger partial charge in [-0.2, -0.15) is 0 Å². The van der Waals surface area contributed by atoms with Crippen LogP contribution in [0.5, 0.6) is 0 Å². The lowest BCUT2D eigenvalue weighted by atomic mass is 9.73. The van der Waals surface area contributed by atoms with Crippen LogP contribution in [-0.2, 0) is 9.59 Å². The third-order valence-corrected chi connectivity index (χ3v) is 4.93. The second-order valence-electron chi connectivity index (χ2n) is 6.70. The van der Waals surface area contributed by atoms with Gasteiger partial charge in [0.25, 0.3) is 5.91 Å². The fourth-order valence-corrected chi connectivity index (χ4v) is 3.61. The van der Waals surface area contributed by atoms with E-state index in [2.05, 4.69) is 10.6 Å². The van der Waals surface area contributed by atoms with Crippen LogP contribution >= 0.6 is 0 Å². The lowest BCUT2D eigenvalue weighted by Gasteiger charge is -2.36. The molecule has 1 saturated carbocycles. The minimum Gasteiger partial charge on any atom is -0.352 e. The van der Waals surface area contributed by atoms with Crippen molar-refractivity contribution in [3.63, 3.8) is 0 Å². The zero-order valence-corrected chi connectivity index (χ0v) is 13.8. The second kappa shape index (κ2) is 6.67. The van der Waals surface area contributed by atoms with Crippen LogP contribution in [0, 0.1) is 5.92 Å². The molecule has 0 aromatic heterocycles. The van der Waals surface area contributed by atoms with E-state index in [1.807, 2.05) is 20.8 Å². The monoisotopic (exact) mass is 309 g/mol. The molecule has 124 valence electrons. The summed E-state index contributed by atoms with van der Waals surface area (Å²) >= 11 is 0. The van der Waals surface area contributed by atoms with Gasteiger partial charge in [-0.05, 0) is 32.1 Å². The first kappa shape index (κ1) is 16.8. The molecule has 0 bridgehead atoms. The number of carbonyl (C=O) groups excluding carboxylic acids is 3. The zero-order valence-electron chi connectivity index (χ0n) is 13.8. The van der Waals surface area contributed by atoms with Gasteiger partial charge in [-0.25, -0.2) is 4.79 Å². The van der Waals surface area contributed by atoms with Crippen LogP contribution in [0.2, 0.25) is 0 Å². The average molecular weight is 309 g/mol. The van der Waals surface area contributed by atoms with E-state index < -0.39 is 11.6 Å². The predicted molar refractivity (Wildman–Crippen MR) is 83.1 cm³/mol. The lowest BCUT2D eigenvalue weighted by molar-refractivity contribution is -0.137. The summed E-state index contributed by atoms with van der Waals surface area (Å²) < 4.78 is 0. The molecular weight excluding hydrogens is 282 g/mol. The number of urea groups is 1. The van der Waals surface area contributed by atoms with Gasteiger partial charge in [0.1, 0.15) is 12.1 Å². The zero-order chi connectivity index (χ0) is 16.3. The first-order valence-corrected chi connectivity index (χ1v) is 8.34. The summed E-state index contributed by atoms with van der Waals surface area (Å²) in [6.45, 7) is 5.80. The smallest absolute Gasteiger partial charge is 0.325 e. The molecule has 1 aliphatic carbocycles. The Morgan fingerprint density at radius 1 is 1.45 bits per heavy atom. The molecule has 1 spiro atoms. The third kappa shape index (κ3) is 3.10. The fourth-order valence-electron chi connectivity index (χ4n) is 3.61. The highest BCUT2D eigenvalue weighted by atomic mass is 16.2. The van der Waals surface area contributed by atoms with Gasteiger partial charge in [0.2, 0.25) is 5.91 Å². The second-order valence-corrected chi connectivity index (χ2v) is 6.70. The molecule has 0 aromatic carbocycles. The Morgan fingerprint density at radius 3 is 2.82 bits per heavy atom. The van der Waals surface area contributed by atoms with E-state index in [-0.39, 0.29) is 30.3 Å². The number of imide groups is 1. The largest absolute Gasteiger partial charge is 0.352 e. The molecule has 3 atom stereocenters. The fraction of sp³-hybridized carbons (Fsp3) is 0.812. The van der Waals surface area contributed by atoms with Crippen LogP contribution < -0.4 is 10.6 Å². The van der Waals surface area contributed by atoms with E-state index in [0.29, 0.717) is 6.42 Å². The van der Waals surface area contributed by atoms with Crippen molar-refractivity contribution in [3.05, 3.63) is 0 Å². The normalized spacial score (nSPS) is 29.6. The van der Waals surface area contributed by atoms with E-state index in [4.69, 9.17) is 0 Å². The maximum Gasteiger partial charge on any atom is 0.325 e. The number of hydrogen-bond acceptors (Lipinski definition) is 3. The highest BCUT2D eigenvalue weighted by Crippen LogP contribution is 2.38. The number of amides is 4. The highest BCUT2D eigenvalue weighted by molar-refractivity contribution is 6.09. The van der Waals surface area contributed by atoms with Gasteiger partial charge >= 0.3 is 6.03 Å². The summed E-state index contributed by atoms with van der Waals surface area (Å²) in [6.07, 6.45) is 5.48. The SMILES string of the molecule is CCC[C@H](C)NC(=O)CN1C(=O)N[C@]2(CCCC[C@@H]2C)C1=O. The Morgan fingerprint density at radius 2 is 2.18 bits per heavy atom. The summed E-state index contributed by atoms with van der Waals surface area (Å²) in [7, 11) is 0. The van der Waals surface area contributed by atoms with Crippen molar-refractivity contribution >= 4 is 17.8 Å². The molecule has 6 nitrogen and oxygen atoms in total. The maximum absolute atomic E-state index is 12.7. The maximum atomic E-state index is 12.7. The molecule has 2 N–H and O–H groups in total. The molecule has 2 rings (SSSR count). The summed E-state index contributed by atoms with van der Waals surface area (Å²) in [6, 6.07) is -0.377. The Kier molecular flexibility index (Phi) is 5.08. The predicted octanol–water partition coefficient (Wildman–Crippen LogP) is 1.79. The van der Waals surface area contributed by atoms with Gasteiger partial charge in [0.05, 0.1) is 0 Å². The minimum absolute atomic E-state index is 0.0563. The van der Waals surface area contributed by atoms with Crippen molar-refractivity contribution in [3.8, 4) is 0 Å². The molecule has 22 heavy (non-hydrogen) atoms. The van der Waals surface area contributed by atoms with Crippen LogP contribution in [0.4, 0.5) is 4.79 Å². The van der Waals surface area contributed by atoms with E-state index in [0.717, 1.165) is 37.0 Å². The van der Waals surface area contributed by atoms with Gasteiger partial charge in [0, 0.05) is 6.04 Å². The first-order valence-electron chi connectivity index (χ1n) is 8.34. The van der Waals surface area contributed by atoms with Gasteiger partial charge in [-0.15, -0.1) is 0 Å². The van der Waals surface area contributed by atoms with Crippen molar-refractivity contribution < 1.29 is 14.4 Å². The van der Waals surface area contributed by atoms with Crippen LogP contribution in [0.25, 0.3) is 0 Å². The Labute approximate surface area is 132 Å². The topological polar surface area (TPSA) is 78.5 Å². The summed E-state index contributed by atoms with van der Waals surface area (Å²) in [5.74, 6) is -0.391. The van der Waals surface area contributed by atoms with E-state index in [1.165, 1.54) is 0 Å². The van der Waals surface area contributed by atoms with Crippen molar-refractivity contribution in [2.45, 2.75) is 70.9 Å². The average Bonchev–Trinajstić information content (AvgIpc) is 2.68. The Balaban J connectivity index is 2.02. The number of rotatable bonds is 5. The van der Waals surface area contributed by atoms with Crippen molar-refractivity contribution in [2.24, 2.45) is 5.92 Å². The Bertz CT molecular complexity index is 466. The summed E-state index contributed by atoms with van der Waals surface area (Å²) in [4.78, 5) is 38.0. The molecule has 1 aliphatic heterocycles. The standard InChI is InChI=1S/C16H27N3O3/c1-4-7-12(3)17-13(20)10-19-14(21)16(18-15(19)22)9-6-5-8-11(16)2/h11-12H,4-10H2,1-3H3,(H,17,20)(H,18,22)/t11-,12-,16-/m0/s1. The summed E-state index contributed by atoms with van der Waals surface area (Å²) in [5, 5.41) is 5.70. The van der Waals surface area contributed by atoms with Gasteiger partial charge < -0.3 is 10.6 Å². The molecule has 2 aliphatic rings. The van der Waals surface area contributed by atoms with E-state index in [9.17, 15) is 14.4 Å². The van der Waals surface area contributed by atoms with Crippen LogP contribution in [0.15, 0.2) is 0 Å². The molecule has 0 radical (unpaired) electrons. The van der Waals surface area contributed by atoms with Crippen molar-refractivity contribution in [2.75, 3.05) is 6.54 Å². The van der Waals surface area contributed by atoms with Gasteiger partial charge in [-0.1, -0.05) is 33.1 Å². The molecule has 1 saturated heterocycles. The van der Waals surface area contributed by atoms with Crippen molar-refractivity contribution in [1.82, 2.24) is 15.5 Å².